The predicted molar refractivity (Wildman–Crippen MR) is 52.7 cm³/mol. The molecule has 0 fully saturated rings. The minimum atomic E-state index is -0.696. The average Bonchev–Trinajstić information content (AvgIpc) is 2.08. The van der Waals surface area contributed by atoms with Crippen molar-refractivity contribution in [3.8, 4) is 0 Å². The van der Waals surface area contributed by atoms with Crippen LogP contribution in [0, 0.1) is 5.82 Å². The Bertz CT molecular complexity index is 304. The molecule has 1 aromatic carbocycles. The first-order valence-electron chi connectivity index (χ1n) is 3.91. The van der Waals surface area contributed by atoms with Crippen molar-refractivity contribution in [3.05, 3.63) is 34.1 Å². The van der Waals surface area contributed by atoms with E-state index in [4.69, 9.17) is 5.73 Å². The fourth-order valence-electron chi connectivity index (χ4n) is 1.03. The molecule has 72 valence electrons. The van der Waals surface area contributed by atoms with Crippen molar-refractivity contribution in [1.82, 2.24) is 0 Å². The van der Waals surface area contributed by atoms with Gasteiger partial charge in [-0.05, 0) is 30.7 Å². The molecule has 0 saturated carbocycles. The van der Waals surface area contributed by atoms with Gasteiger partial charge in [0.05, 0.1) is 12.1 Å². The zero-order valence-corrected chi connectivity index (χ0v) is 8.75. The molecule has 3 N–H and O–H groups in total. The summed E-state index contributed by atoms with van der Waals surface area (Å²) in [5.74, 6) is -0.352. The number of aliphatic hydroxyl groups is 1. The SMILES string of the molecule is C[C@H](O)[C@@H](N)c1cc(F)ccc1Br. The fraction of sp³-hybridized carbons (Fsp3) is 0.333. The van der Waals surface area contributed by atoms with E-state index in [1.807, 2.05) is 0 Å². The lowest BCUT2D eigenvalue weighted by Crippen LogP contribution is -2.23. The Morgan fingerprint density at radius 1 is 1.54 bits per heavy atom. The minimum Gasteiger partial charge on any atom is -0.391 e. The van der Waals surface area contributed by atoms with Gasteiger partial charge in [0.25, 0.3) is 0 Å². The lowest BCUT2D eigenvalue weighted by Gasteiger charge is -2.16. The summed E-state index contributed by atoms with van der Waals surface area (Å²) in [6.07, 6.45) is -0.696. The van der Waals surface area contributed by atoms with Gasteiger partial charge in [-0.3, -0.25) is 0 Å². The van der Waals surface area contributed by atoms with Crippen molar-refractivity contribution >= 4 is 15.9 Å². The van der Waals surface area contributed by atoms with Crippen molar-refractivity contribution in [2.45, 2.75) is 19.1 Å². The molecule has 0 aliphatic carbocycles. The van der Waals surface area contributed by atoms with Crippen molar-refractivity contribution in [3.63, 3.8) is 0 Å². The smallest absolute Gasteiger partial charge is 0.123 e. The van der Waals surface area contributed by atoms with Crippen molar-refractivity contribution in [1.29, 1.82) is 0 Å². The van der Waals surface area contributed by atoms with Gasteiger partial charge < -0.3 is 10.8 Å². The van der Waals surface area contributed by atoms with E-state index in [2.05, 4.69) is 15.9 Å². The molecular formula is C9H11BrFNO. The van der Waals surface area contributed by atoms with Crippen LogP contribution in [-0.4, -0.2) is 11.2 Å². The Labute approximate surface area is 84.7 Å². The molecule has 0 amide bonds. The first kappa shape index (κ1) is 10.6. The maximum absolute atomic E-state index is 12.8. The summed E-state index contributed by atoms with van der Waals surface area (Å²) in [4.78, 5) is 0. The van der Waals surface area contributed by atoms with Gasteiger partial charge in [-0.1, -0.05) is 15.9 Å². The Morgan fingerprint density at radius 2 is 2.15 bits per heavy atom. The number of rotatable bonds is 2. The van der Waals surface area contributed by atoms with Crippen LogP contribution in [-0.2, 0) is 0 Å². The predicted octanol–water partition coefficient (Wildman–Crippen LogP) is 1.97. The van der Waals surface area contributed by atoms with Crippen molar-refractivity contribution < 1.29 is 9.50 Å². The van der Waals surface area contributed by atoms with E-state index in [1.165, 1.54) is 12.1 Å². The first-order chi connectivity index (χ1) is 6.02. The lowest BCUT2D eigenvalue weighted by molar-refractivity contribution is 0.164. The highest BCUT2D eigenvalue weighted by atomic mass is 79.9. The van der Waals surface area contributed by atoms with Crippen LogP contribution in [0.15, 0.2) is 22.7 Å². The van der Waals surface area contributed by atoms with Gasteiger partial charge in [0, 0.05) is 4.47 Å². The molecule has 0 aliphatic rings. The molecule has 0 aliphatic heterocycles. The molecule has 1 aromatic rings. The van der Waals surface area contributed by atoms with Crippen molar-refractivity contribution in [2.75, 3.05) is 0 Å². The average molecular weight is 248 g/mol. The summed E-state index contributed by atoms with van der Waals surface area (Å²) in [6.45, 7) is 1.57. The number of aliphatic hydroxyl groups excluding tert-OH is 1. The second-order valence-corrected chi connectivity index (χ2v) is 3.79. The molecule has 2 atom stereocenters. The normalized spacial score (nSPS) is 15.5. The van der Waals surface area contributed by atoms with Crippen LogP contribution in [0.4, 0.5) is 4.39 Å². The van der Waals surface area contributed by atoms with Crippen LogP contribution in [0.5, 0.6) is 0 Å². The standard InChI is InChI=1S/C9H11BrFNO/c1-5(13)9(12)7-4-6(11)2-3-8(7)10/h2-5,9,13H,12H2,1H3/t5-,9+/m0/s1. The Hall–Kier alpha value is -0.450. The molecule has 0 radical (unpaired) electrons. The maximum Gasteiger partial charge on any atom is 0.123 e. The molecule has 0 spiro atoms. The molecule has 0 unspecified atom stereocenters. The van der Waals surface area contributed by atoms with Gasteiger partial charge in [0.15, 0.2) is 0 Å². The van der Waals surface area contributed by atoms with Crippen molar-refractivity contribution in [2.24, 2.45) is 5.73 Å². The van der Waals surface area contributed by atoms with E-state index in [0.29, 0.717) is 10.0 Å². The summed E-state index contributed by atoms with van der Waals surface area (Å²) < 4.78 is 13.5. The van der Waals surface area contributed by atoms with E-state index in [-0.39, 0.29) is 5.82 Å². The van der Waals surface area contributed by atoms with E-state index >= 15 is 0 Å². The molecule has 0 saturated heterocycles. The zero-order valence-electron chi connectivity index (χ0n) is 7.17. The number of halogens is 2. The van der Waals surface area contributed by atoms with Gasteiger partial charge in [0.1, 0.15) is 5.82 Å². The Morgan fingerprint density at radius 3 is 2.69 bits per heavy atom. The highest BCUT2D eigenvalue weighted by Crippen LogP contribution is 2.24. The molecule has 13 heavy (non-hydrogen) atoms. The molecule has 0 bridgehead atoms. The third-order valence-electron chi connectivity index (χ3n) is 1.84. The van der Waals surface area contributed by atoms with Gasteiger partial charge >= 0.3 is 0 Å². The van der Waals surface area contributed by atoms with Gasteiger partial charge in [0.2, 0.25) is 0 Å². The highest BCUT2D eigenvalue weighted by Gasteiger charge is 2.15. The van der Waals surface area contributed by atoms with Crippen LogP contribution >= 0.6 is 15.9 Å². The van der Waals surface area contributed by atoms with Crippen LogP contribution in [0.3, 0.4) is 0 Å². The van der Waals surface area contributed by atoms with Crippen LogP contribution < -0.4 is 5.73 Å². The molecule has 2 nitrogen and oxygen atoms in total. The third kappa shape index (κ3) is 2.49. The quantitative estimate of drug-likeness (QED) is 0.840. The largest absolute Gasteiger partial charge is 0.391 e. The van der Waals surface area contributed by atoms with E-state index in [9.17, 15) is 9.50 Å². The van der Waals surface area contributed by atoms with Crippen LogP contribution in [0.1, 0.15) is 18.5 Å². The Kier molecular flexibility index (Phi) is 3.41. The fourth-order valence-corrected chi connectivity index (χ4v) is 1.54. The molecular weight excluding hydrogens is 237 g/mol. The second kappa shape index (κ2) is 4.17. The summed E-state index contributed by atoms with van der Waals surface area (Å²) >= 11 is 3.24. The minimum absolute atomic E-state index is 0.352. The summed E-state index contributed by atoms with van der Waals surface area (Å²) in [7, 11) is 0. The van der Waals surface area contributed by atoms with Crippen LogP contribution in [0.25, 0.3) is 0 Å². The summed E-state index contributed by atoms with van der Waals surface area (Å²) in [5, 5.41) is 9.22. The molecule has 0 heterocycles. The highest BCUT2D eigenvalue weighted by molar-refractivity contribution is 9.10. The van der Waals surface area contributed by atoms with Gasteiger partial charge in [-0.15, -0.1) is 0 Å². The van der Waals surface area contributed by atoms with Crippen LogP contribution in [0.2, 0.25) is 0 Å². The van der Waals surface area contributed by atoms with E-state index in [0.717, 1.165) is 0 Å². The molecule has 4 heteroatoms. The number of hydrogen-bond acceptors (Lipinski definition) is 2. The lowest BCUT2D eigenvalue weighted by atomic mass is 10.0. The van der Waals surface area contributed by atoms with E-state index in [1.54, 1.807) is 13.0 Å². The maximum atomic E-state index is 12.8. The first-order valence-corrected chi connectivity index (χ1v) is 4.70. The monoisotopic (exact) mass is 247 g/mol. The molecule has 1 rings (SSSR count). The summed E-state index contributed by atoms with van der Waals surface area (Å²) in [5.41, 5.74) is 6.24. The number of benzene rings is 1. The second-order valence-electron chi connectivity index (χ2n) is 2.93. The Balaban J connectivity index is 3.05. The zero-order chi connectivity index (χ0) is 10.0. The molecule has 0 aromatic heterocycles. The number of hydrogen-bond donors (Lipinski definition) is 2. The van der Waals surface area contributed by atoms with Gasteiger partial charge in [-0.25, -0.2) is 4.39 Å². The third-order valence-corrected chi connectivity index (χ3v) is 2.56. The summed E-state index contributed by atoms with van der Waals surface area (Å²) in [6, 6.07) is 3.67. The number of nitrogens with two attached hydrogens (primary N) is 1. The topological polar surface area (TPSA) is 46.2 Å². The van der Waals surface area contributed by atoms with E-state index < -0.39 is 12.1 Å². The van der Waals surface area contributed by atoms with Gasteiger partial charge in [-0.2, -0.15) is 0 Å².